The van der Waals surface area contributed by atoms with E-state index >= 15 is 0 Å². The minimum absolute atomic E-state index is 0.375. The molecule has 1 nitrogen and oxygen atoms in total. The van der Waals surface area contributed by atoms with E-state index in [1.807, 2.05) is 6.92 Å². The fourth-order valence-electron chi connectivity index (χ4n) is 1.67. The molecule has 1 aliphatic carbocycles. The summed E-state index contributed by atoms with van der Waals surface area (Å²) in [7, 11) is 0. The van der Waals surface area contributed by atoms with Crippen LogP contribution in [0.4, 0.5) is 0 Å². The van der Waals surface area contributed by atoms with Gasteiger partial charge < -0.3 is 0 Å². The summed E-state index contributed by atoms with van der Waals surface area (Å²) in [6, 6.07) is 0. The van der Waals surface area contributed by atoms with E-state index in [-0.39, 0.29) is 0 Å². The van der Waals surface area contributed by atoms with Crippen molar-refractivity contribution < 1.29 is 4.79 Å². The summed E-state index contributed by atoms with van der Waals surface area (Å²) in [5, 5.41) is 0. The predicted octanol–water partition coefficient (Wildman–Crippen LogP) is 4.35. The Balaban J connectivity index is 0.000000241. The van der Waals surface area contributed by atoms with Crippen molar-refractivity contribution in [2.75, 3.05) is 0 Å². The summed E-state index contributed by atoms with van der Waals surface area (Å²) in [6.45, 7) is 6.50. The van der Waals surface area contributed by atoms with Gasteiger partial charge in [-0.3, -0.25) is 4.79 Å². The molecule has 0 spiro atoms. The second-order valence-electron chi connectivity index (χ2n) is 4.32. The Labute approximate surface area is 89.3 Å². The van der Waals surface area contributed by atoms with Gasteiger partial charge in [0.25, 0.3) is 0 Å². The van der Waals surface area contributed by atoms with Gasteiger partial charge in [0, 0.05) is 12.3 Å². The quantitative estimate of drug-likeness (QED) is 0.614. The summed E-state index contributed by atoms with van der Waals surface area (Å²) in [6.07, 6.45) is 10.1. The molecule has 0 heterocycles. The van der Waals surface area contributed by atoms with E-state index in [2.05, 4.69) is 13.8 Å². The van der Waals surface area contributed by atoms with Gasteiger partial charge in [0.15, 0.2) is 0 Å². The predicted molar refractivity (Wildman–Crippen MR) is 62.5 cm³/mol. The Morgan fingerprint density at radius 2 is 1.71 bits per heavy atom. The maximum absolute atomic E-state index is 10.6. The van der Waals surface area contributed by atoms with E-state index in [0.717, 1.165) is 19.3 Å². The van der Waals surface area contributed by atoms with Crippen molar-refractivity contribution in [3.63, 3.8) is 0 Å². The van der Waals surface area contributed by atoms with Crippen LogP contribution in [-0.4, -0.2) is 5.78 Å². The highest BCUT2D eigenvalue weighted by Gasteiger charge is 2.18. The number of hydrogen-bond acceptors (Lipinski definition) is 1. The van der Waals surface area contributed by atoms with Crippen molar-refractivity contribution in [2.24, 2.45) is 5.92 Å². The molecule has 14 heavy (non-hydrogen) atoms. The molecule has 1 rings (SSSR count). The third-order valence-electron chi connectivity index (χ3n) is 2.82. The number of carbonyl (C=O) groups is 1. The van der Waals surface area contributed by atoms with E-state index in [9.17, 15) is 4.79 Å². The summed E-state index contributed by atoms with van der Waals surface area (Å²) < 4.78 is 0. The first-order chi connectivity index (χ1) is 6.72. The molecule has 1 aliphatic rings. The number of unbranched alkanes of at least 4 members (excludes halogenated alkanes) is 4. The van der Waals surface area contributed by atoms with Gasteiger partial charge in [0.1, 0.15) is 5.78 Å². The van der Waals surface area contributed by atoms with E-state index in [0.29, 0.717) is 11.7 Å². The number of rotatable bonds is 4. The summed E-state index contributed by atoms with van der Waals surface area (Å²) in [5.74, 6) is 0.833. The molecule has 84 valence electrons. The van der Waals surface area contributed by atoms with Gasteiger partial charge in [-0.2, -0.15) is 0 Å². The lowest BCUT2D eigenvalue weighted by atomic mass is 10.1. The van der Waals surface area contributed by atoms with E-state index in [1.54, 1.807) is 0 Å². The molecule has 0 aromatic carbocycles. The molecular formula is C13H26O. The van der Waals surface area contributed by atoms with E-state index in [1.165, 1.54) is 32.1 Å². The minimum Gasteiger partial charge on any atom is -0.299 e. The van der Waals surface area contributed by atoms with Gasteiger partial charge in [-0.1, -0.05) is 52.9 Å². The van der Waals surface area contributed by atoms with Gasteiger partial charge in [0.05, 0.1) is 0 Å². The molecular weight excluding hydrogens is 172 g/mol. The first kappa shape index (κ1) is 13.7. The highest BCUT2D eigenvalue weighted by molar-refractivity contribution is 5.82. The van der Waals surface area contributed by atoms with Gasteiger partial charge >= 0.3 is 0 Å². The standard InChI is InChI=1S/C7H16.C6H10O/c1-3-5-7-6-4-2;1-5-3-2-4-6(5)7/h3-7H2,1-2H3;5H,2-4H2,1H3. The van der Waals surface area contributed by atoms with Gasteiger partial charge in [-0.05, 0) is 12.8 Å². The third-order valence-corrected chi connectivity index (χ3v) is 2.82. The Bertz CT molecular complexity index is 136. The van der Waals surface area contributed by atoms with Crippen LogP contribution in [0.5, 0.6) is 0 Å². The number of hydrogen-bond donors (Lipinski definition) is 0. The van der Waals surface area contributed by atoms with Crippen LogP contribution < -0.4 is 0 Å². The minimum atomic E-state index is 0.375. The number of carbonyl (C=O) groups excluding carboxylic acids is 1. The first-order valence-electron chi connectivity index (χ1n) is 6.25. The normalized spacial score (nSPS) is 20.5. The fraction of sp³-hybridized carbons (Fsp3) is 0.923. The lowest BCUT2D eigenvalue weighted by molar-refractivity contribution is -0.120. The van der Waals surface area contributed by atoms with Crippen LogP contribution in [0, 0.1) is 5.92 Å². The molecule has 0 N–H and O–H groups in total. The largest absolute Gasteiger partial charge is 0.299 e. The fourth-order valence-corrected chi connectivity index (χ4v) is 1.67. The zero-order chi connectivity index (χ0) is 10.8. The number of ketones is 1. The van der Waals surface area contributed by atoms with E-state index < -0.39 is 0 Å². The molecule has 0 saturated heterocycles. The third kappa shape index (κ3) is 7.11. The smallest absolute Gasteiger partial charge is 0.135 e. The molecule has 1 fully saturated rings. The Kier molecular flexibility index (Phi) is 9.02. The van der Waals surface area contributed by atoms with Crippen molar-refractivity contribution in [3.8, 4) is 0 Å². The van der Waals surface area contributed by atoms with Crippen LogP contribution in [-0.2, 0) is 4.79 Å². The molecule has 1 unspecified atom stereocenters. The first-order valence-corrected chi connectivity index (χ1v) is 6.25. The lowest BCUT2D eigenvalue weighted by Crippen LogP contribution is -1.98. The molecule has 0 aromatic rings. The monoisotopic (exact) mass is 198 g/mol. The van der Waals surface area contributed by atoms with Crippen LogP contribution in [0.1, 0.15) is 72.1 Å². The van der Waals surface area contributed by atoms with Gasteiger partial charge in [-0.25, -0.2) is 0 Å². The lowest BCUT2D eigenvalue weighted by Gasteiger charge is -1.91. The van der Waals surface area contributed by atoms with Gasteiger partial charge in [-0.15, -0.1) is 0 Å². The summed E-state index contributed by atoms with van der Waals surface area (Å²) >= 11 is 0. The summed E-state index contributed by atoms with van der Waals surface area (Å²) in [5.41, 5.74) is 0. The van der Waals surface area contributed by atoms with Crippen molar-refractivity contribution in [3.05, 3.63) is 0 Å². The maximum Gasteiger partial charge on any atom is 0.135 e. The highest BCUT2D eigenvalue weighted by Crippen LogP contribution is 2.19. The van der Waals surface area contributed by atoms with Crippen molar-refractivity contribution in [1.82, 2.24) is 0 Å². The topological polar surface area (TPSA) is 17.1 Å². The molecule has 1 saturated carbocycles. The molecule has 0 aromatic heterocycles. The van der Waals surface area contributed by atoms with Crippen LogP contribution in [0.3, 0.4) is 0 Å². The van der Waals surface area contributed by atoms with E-state index in [4.69, 9.17) is 0 Å². The van der Waals surface area contributed by atoms with Gasteiger partial charge in [0.2, 0.25) is 0 Å². The van der Waals surface area contributed by atoms with Crippen LogP contribution in [0.2, 0.25) is 0 Å². The number of Topliss-reactive ketones (excluding diaryl/α,β-unsaturated/α-hetero) is 1. The Morgan fingerprint density at radius 3 is 1.93 bits per heavy atom. The average Bonchev–Trinajstić information content (AvgIpc) is 2.53. The van der Waals surface area contributed by atoms with Crippen LogP contribution in [0.25, 0.3) is 0 Å². The molecule has 1 heteroatoms. The van der Waals surface area contributed by atoms with Crippen LogP contribution >= 0.6 is 0 Å². The average molecular weight is 198 g/mol. The Morgan fingerprint density at radius 1 is 1.14 bits per heavy atom. The molecule has 0 amide bonds. The maximum atomic E-state index is 10.6. The molecule has 0 radical (unpaired) electrons. The second-order valence-corrected chi connectivity index (χ2v) is 4.32. The van der Waals surface area contributed by atoms with Crippen LogP contribution in [0.15, 0.2) is 0 Å². The molecule has 0 aliphatic heterocycles. The summed E-state index contributed by atoms with van der Waals surface area (Å²) in [4.78, 5) is 10.6. The highest BCUT2D eigenvalue weighted by atomic mass is 16.1. The second kappa shape index (κ2) is 9.23. The zero-order valence-electron chi connectivity index (χ0n) is 10.1. The van der Waals surface area contributed by atoms with Crippen molar-refractivity contribution in [1.29, 1.82) is 0 Å². The molecule has 1 atom stereocenters. The van der Waals surface area contributed by atoms with Crippen molar-refractivity contribution >= 4 is 5.78 Å². The van der Waals surface area contributed by atoms with Crippen molar-refractivity contribution in [2.45, 2.75) is 72.1 Å². The molecule has 0 bridgehead atoms. The Hall–Kier alpha value is -0.330. The SMILES string of the molecule is CC1CCCC1=O.CCCCCCC. The zero-order valence-corrected chi connectivity index (χ0v) is 10.1.